The third-order valence-corrected chi connectivity index (χ3v) is 4.58. The van der Waals surface area contributed by atoms with E-state index in [9.17, 15) is 4.79 Å². The summed E-state index contributed by atoms with van der Waals surface area (Å²) in [4.78, 5) is 21.0. The number of carbonyl (C=O) groups is 1. The van der Waals surface area contributed by atoms with Crippen molar-refractivity contribution in [2.75, 3.05) is 25.5 Å². The molecule has 25 heavy (non-hydrogen) atoms. The molecule has 2 unspecified atom stereocenters. The van der Waals surface area contributed by atoms with Crippen LogP contribution in [-0.2, 0) is 11.3 Å². The van der Waals surface area contributed by atoms with Gasteiger partial charge in [-0.2, -0.15) is 4.98 Å². The predicted molar refractivity (Wildman–Crippen MR) is 89.8 cm³/mol. The Hall–Kier alpha value is -2.26. The fourth-order valence-electron chi connectivity index (χ4n) is 3.06. The first kappa shape index (κ1) is 17.6. The van der Waals surface area contributed by atoms with Crippen LogP contribution in [0.3, 0.4) is 0 Å². The molecule has 2 aromatic heterocycles. The Morgan fingerprint density at radius 1 is 1.44 bits per heavy atom. The Morgan fingerprint density at radius 3 is 2.88 bits per heavy atom. The molecule has 9 nitrogen and oxygen atoms in total. The number of rotatable bonds is 6. The summed E-state index contributed by atoms with van der Waals surface area (Å²) in [7, 11) is 2.04. The number of anilines is 1. The third kappa shape index (κ3) is 4.23. The summed E-state index contributed by atoms with van der Waals surface area (Å²) >= 11 is 0. The van der Waals surface area contributed by atoms with E-state index in [1.807, 2.05) is 14.0 Å². The van der Waals surface area contributed by atoms with Gasteiger partial charge in [-0.05, 0) is 27.3 Å². The number of nitrogens with zero attached hydrogens (tertiary/aromatic N) is 5. The molecular formula is C16H24N6O3. The highest BCUT2D eigenvalue weighted by molar-refractivity contribution is 5.93. The van der Waals surface area contributed by atoms with Gasteiger partial charge in [0.2, 0.25) is 11.8 Å². The molecule has 0 radical (unpaired) electrons. The lowest BCUT2D eigenvalue weighted by molar-refractivity contribution is -0.120. The summed E-state index contributed by atoms with van der Waals surface area (Å²) in [5.74, 6) is 2.30. The second kappa shape index (κ2) is 7.32. The summed E-state index contributed by atoms with van der Waals surface area (Å²) in [6.07, 6.45) is 0.994. The van der Waals surface area contributed by atoms with Gasteiger partial charge in [0, 0.05) is 32.1 Å². The topological polar surface area (TPSA) is 101 Å². The van der Waals surface area contributed by atoms with Gasteiger partial charge in [-0.3, -0.25) is 14.6 Å². The molecule has 0 saturated carbocycles. The van der Waals surface area contributed by atoms with Crippen molar-refractivity contribution < 1.29 is 13.8 Å². The van der Waals surface area contributed by atoms with E-state index in [-0.39, 0.29) is 11.9 Å². The van der Waals surface area contributed by atoms with Gasteiger partial charge in [-0.15, -0.1) is 0 Å². The van der Waals surface area contributed by atoms with Crippen molar-refractivity contribution in [1.29, 1.82) is 0 Å². The van der Waals surface area contributed by atoms with E-state index in [1.165, 1.54) is 0 Å². The summed E-state index contributed by atoms with van der Waals surface area (Å²) < 4.78 is 9.99. The minimum Gasteiger partial charge on any atom is -0.360 e. The van der Waals surface area contributed by atoms with Crippen LogP contribution in [0.5, 0.6) is 0 Å². The normalized spacial score (nSPS) is 19.5. The van der Waals surface area contributed by atoms with Crippen LogP contribution in [0.2, 0.25) is 0 Å². The molecule has 9 heteroatoms. The minimum absolute atomic E-state index is 0.0783. The van der Waals surface area contributed by atoms with E-state index < -0.39 is 0 Å². The molecule has 0 spiro atoms. The lowest BCUT2D eigenvalue weighted by atomic mass is 10.2. The molecule has 1 N–H and O–H groups in total. The lowest BCUT2D eigenvalue weighted by Crippen LogP contribution is -2.43. The molecule has 2 atom stereocenters. The fraction of sp³-hybridized carbons (Fsp3) is 0.625. The molecule has 3 rings (SSSR count). The summed E-state index contributed by atoms with van der Waals surface area (Å²) in [5.41, 5.74) is 0. The molecule has 2 aromatic rings. The number of likely N-dealkylation sites (tertiary alicyclic amines) is 1. The minimum atomic E-state index is -0.233. The Morgan fingerprint density at radius 2 is 2.24 bits per heavy atom. The number of amides is 1. The van der Waals surface area contributed by atoms with Gasteiger partial charge in [0.05, 0.1) is 12.6 Å². The van der Waals surface area contributed by atoms with E-state index in [0.29, 0.717) is 35.9 Å². The summed E-state index contributed by atoms with van der Waals surface area (Å²) in [6.45, 7) is 7.80. The Bertz CT molecular complexity index is 727. The van der Waals surface area contributed by atoms with E-state index in [0.717, 1.165) is 19.5 Å². The van der Waals surface area contributed by atoms with Gasteiger partial charge in [0.15, 0.2) is 11.6 Å². The van der Waals surface area contributed by atoms with Crippen LogP contribution >= 0.6 is 0 Å². The molecule has 1 aliphatic rings. The molecule has 1 aliphatic heterocycles. The van der Waals surface area contributed by atoms with Crippen molar-refractivity contribution in [2.45, 2.75) is 45.8 Å². The van der Waals surface area contributed by atoms with Gasteiger partial charge in [-0.25, -0.2) is 0 Å². The van der Waals surface area contributed by atoms with Crippen molar-refractivity contribution in [3.8, 4) is 0 Å². The number of carbonyl (C=O) groups excluding carboxylic acids is 1. The van der Waals surface area contributed by atoms with Crippen LogP contribution in [0.25, 0.3) is 0 Å². The first-order chi connectivity index (χ1) is 11.9. The molecule has 1 fully saturated rings. The van der Waals surface area contributed by atoms with Crippen LogP contribution in [0.4, 0.5) is 5.82 Å². The Labute approximate surface area is 146 Å². The first-order valence-corrected chi connectivity index (χ1v) is 8.40. The maximum Gasteiger partial charge on any atom is 0.242 e. The smallest absolute Gasteiger partial charge is 0.242 e. The van der Waals surface area contributed by atoms with Gasteiger partial charge in [0.1, 0.15) is 5.76 Å². The SMILES string of the molecule is Cc1cc(NC(=O)C(C)N2CCC(N(C)Cc3noc(C)n3)C2)no1. The van der Waals surface area contributed by atoms with Gasteiger partial charge in [-0.1, -0.05) is 10.3 Å². The molecule has 0 aliphatic carbocycles. The van der Waals surface area contributed by atoms with Crippen LogP contribution in [-0.4, -0.2) is 63.2 Å². The zero-order valence-electron chi connectivity index (χ0n) is 15.0. The lowest BCUT2D eigenvalue weighted by Gasteiger charge is -2.26. The van der Waals surface area contributed by atoms with Gasteiger partial charge < -0.3 is 14.4 Å². The number of aryl methyl sites for hydroxylation is 2. The highest BCUT2D eigenvalue weighted by Gasteiger charge is 2.32. The predicted octanol–water partition coefficient (Wildman–Crippen LogP) is 1.21. The van der Waals surface area contributed by atoms with Crippen molar-refractivity contribution in [2.24, 2.45) is 0 Å². The summed E-state index contributed by atoms with van der Waals surface area (Å²) in [5, 5.41) is 10.5. The highest BCUT2D eigenvalue weighted by Crippen LogP contribution is 2.19. The van der Waals surface area contributed by atoms with Crippen LogP contribution in [0.1, 0.15) is 30.8 Å². The monoisotopic (exact) mass is 348 g/mol. The average Bonchev–Trinajstić information content (AvgIpc) is 3.28. The van der Waals surface area contributed by atoms with Gasteiger partial charge >= 0.3 is 0 Å². The largest absolute Gasteiger partial charge is 0.360 e. The highest BCUT2D eigenvalue weighted by atomic mass is 16.5. The molecular weight excluding hydrogens is 324 g/mol. The molecule has 0 bridgehead atoms. The zero-order valence-corrected chi connectivity index (χ0v) is 15.0. The number of aromatic nitrogens is 3. The maximum absolute atomic E-state index is 12.4. The number of nitrogens with one attached hydrogen (secondary N) is 1. The Kier molecular flexibility index (Phi) is 5.14. The second-order valence-electron chi connectivity index (χ2n) is 6.57. The van der Waals surface area contributed by atoms with E-state index in [4.69, 9.17) is 9.05 Å². The number of likely N-dealkylation sites (N-methyl/N-ethyl adjacent to an activating group) is 1. The van der Waals surface area contributed by atoms with Crippen molar-refractivity contribution in [3.63, 3.8) is 0 Å². The standard InChI is InChI=1S/C16H24N6O3/c1-10-7-14(19-24-10)18-16(23)11(2)22-6-5-13(8-22)21(4)9-15-17-12(3)25-20-15/h7,11,13H,5-6,8-9H2,1-4H3,(H,18,19,23). The van der Waals surface area contributed by atoms with E-state index >= 15 is 0 Å². The quantitative estimate of drug-likeness (QED) is 0.831. The van der Waals surface area contributed by atoms with E-state index in [2.05, 4.69) is 30.4 Å². The van der Waals surface area contributed by atoms with Crippen molar-refractivity contribution in [3.05, 3.63) is 23.5 Å². The second-order valence-corrected chi connectivity index (χ2v) is 6.57. The average molecular weight is 348 g/mol. The zero-order chi connectivity index (χ0) is 18.0. The molecule has 3 heterocycles. The van der Waals surface area contributed by atoms with Crippen LogP contribution in [0.15, 0.2) is 15.1 Å². The molecule has 1 amide bonds. The molecule has 0 aromatic carbocycles. The van der Waals surface area contributed by atoms with Crippen molar-refractivity contribution >= 4 is 11.7 Å². The third-order valence-electron chi connectivity index (χ3n) is 4.58. The van der Waals surface area contributed by atoms with Crippen LogP contribution < -0.4 is 5.32 Å². The first-order valence-electron chi connectivity index (χ1n) is 8.40. The maximum atomic E-state index is 12.4. The fourth-order valence-corrected chi connectivity index (χ4v) is 3.06. The molecule has 1 saturated heterocycles. The van der Waals surface area contributed by atoms with Crippen LogP contribution in [0, 0.1) is 13.8 Å². The molecule has 136 valence electrons. The van der Waals surface area contributed by atoms with Gasteiger partial charge in [0.25, 0.3) is 0 Å². The Balaban J connectivity index is 1.51. The number of hydrogen-bond acceptors (Lipinski definition) is 8. The summed E-state index contributed by atoms with van der Waals surface area (Å²) in [6, 6.07) is 1.82. The number of hydrogen-bond donors (Lipinski definition) is 1. The van der Waals surface area contributed by atoms with Crippen molar-refractivity contribution in [1.82, 2.24) is 25.1 Å². The van der Waals surface area contributed by atoms with E-state index in [1.54, 1.807) is 19.9 Å².